The highest BCUT2D eigenvalue weighted by molar-refractivity contribution is 5.33. The molecule has 23 heavy (non-hydrogen) atoms. The molecule has 1 unspecified atom stereocenters. The summed E-state index contributed by atoms with van der Waals surface area (Å²) in [5, 5.41) is 14.1. The predicted molar refractivity (Wildman–Crippen MR) is 88.7 cm³/mol. The molecule has 2 aromatic rings. The lowest BCUT2D eigenvalue weighted by atomic mass is 9.92. The fraction of sp³-hybridized carbons (Fsp3) is 0.333. The quantitative estimate of drug-likeness (QED) is 0.676. The van der Waals surface area contributed by atoms with Crippen LogP contribution in [0.15, 0.2) is 48.5 Å². The van der Waals surface area contributed by atoms with E-state index in [2.05, 4.69) is 17.4 Å². The lowest BCUT2D eigenvalue weighted by Crippen LogP contribution is -2.28. The topological polar surface area (TPSA) is 64.4 Å². The van der Waals surface area contributed by atoms with E-state index in [1.165, 1.54) is 30.5 Å². The van der Waals surface area contributed by atoms with Gasteiger partial charge in [-0.1, -0.05) is 12.1 Å². The maximum atomic E-state index is 10.6. The molecular formula is C18H20N2O3. The molecule has 5 heteroatoms. The van der Waals surface area contributed by atoms with Gasteiger partial charge in [0.25, 0.3) is 5.69 Å². The van der Waals surface area contributed by atoms with Crippen LogP contribution in [0.2, 0.25) is 0 Å². The predicted octanol–water partition coefficient (Wildman–Crippen LogP) is 3.64. The van der Waals surface area contributed by atoms with Crippen molar-refractivity contribution in [2.75, 3.05) is 13.1 Å². The average molecular weight is 312 g/mol. The molecular weight excluding hydrogens is 292 g/mol. The van der Waals surface area contributed by atoms with E-state index in [1.54, 1.807) is 12.1 Å². The van der Waals surface area contributed by atoms with Crippen molar-refractivity contribution >= 4 is 5.69 Å². The molecule has 3 rings (SSSR count). The van der Waals surface area contributed by atoms with Gasteiger partial charge in [0.05, 0.1) is 4.92 Å². The van der Waals surface area contributed by atoms with E-state index >= 15 is 0 Å². The second kappa shape index (κ2) is 7.24. The van der Waals surface area contributed by atoms with Gasteiger partial charge in [0, 0.05) is 18.7 Å². The fourth-order valence-corrected chi connectivity index (χ4v) is 2.85. The Morgan fingerprint density at radius 3 is 2.48 bits per heavy atom. The highest BCUT2D eigenvalue weighted by Gasteiger charge is 2.14. The van der Waals surface area contributed by atoms with Crippen LogP contribution in [0.5, 0.6) is 5.75 Å². The normalized spacial score (nSPS) is 17.7. The molecule has 5 nitrogen and oxygen atoms in total. The Labute approximate surface area is 135 Å². The number of nitro groups is 1. The van der Waals surface area contributed by atoms with E-state index in [-0.39, 0.29) is 5.69 Å². The lowest BCUT2D eigenvalue weighted by molar-refractivity contribution is -0.384. The van der Waals surface area contributed by atoms with E-state index < -0.39 is 4.92 Å². The zero-order valence-corrected chi connectivity index (χ0v) is 12.9. The molecule has 2 aromatic carbocycles. The summed E-state index contributed by atoms with van der Waals surface area (Å²) >= 11 is 0. The minimum absolute atomic E-state index is 0.0965. The number of ether oxygens (including phenoxy) is 1. The fourth-order valence-electron chi connectivity index (χ4n) is 2.85. The van der Waals surface area contributed by atoms with Gasteiger partial charge in [0.15, 0.2) is 0 Å². The summed E-state index contributed by atoms with van der Waals surface area (Å²) < 4.78 is 5.75. The van der Waals surface area contributed by atoms with Crippen LogP contribution in [0.4, 0.5) is 5.69 Å². The Kier molecular flexibility index (Phi) is 4.88. The number of non-ortho nitro benzene ring substituents is 1. The van der Waals surface area contributed by atoms with Gasteiger partial charge in [-0.15, -0.1) is 0 Å². The molecule has 1 aliphatic rings. The van der Waals surface area contributed by atoms with Crippen molar-refractivity contribution in [2.45, 2.75) is 25.4 Å². The lowest BCUT2D eigenvalue weighted by Gasteiger charge is -2.23. The standard InChI is InChI=1S/C18H20N2O3/c21-20(22)17-7-3-14(4-8-17)13-23-18-9-5-15(6-10-18)16-2-1-11-19-12-16/h3-10,16,19H,1-2,11-13H2. The number of nitrogens with one attached hydrogen (secondary N) is 1. The Hall–Kier alpha value is -2.40. The molecule has 1 aliphatic heterocycles. The van der Waals surface area contributed by atoms with E-state index in [0.717, 1.165) is 24.4 Å². The maximum Gasteiger partial charge on any atom is 0.269 e. The van der Waals surface area contributed by atoms with Crippen molar-refractivity contribution in [3.63, 3.8) is 0 Å². The van der Waals surface area contributed by atoms with Crippen molar-refractivity contribution in [1.82, 2.24) is 5.32 Å². The van der Waals surface area contributed by atoms with Crippen LogP contribution in [-0.4, -0.2) is 18.0 Å². The van der Waals surface area contributed by atoms with Gasteiger partial charge in [0.2, 0.25) is 0 Å². The minimum Gasteiger partial charge on any atom is -0.489 e. The summed E-state index contributed by atoms with van der Waals surface area (Å²) in [4.78, 5) is 10.2. The number of hydrogen-bond acceptors (Lipinski definition) is 4. The molecule has 0 bridgehead atoms. The van der Waals surface area contributed by atoms with Crippen LogP contribution < -0.4 is 10.1 Å². The maximum absolute atomic E-state index is 10.6. The number of rotatable bonds is 5. The number of hydrogen-bond donors (Lipinski definition) is 1. The largest absolute Gasteiger partial charge is 0.489 e. The van der Waals surface area contributed by atoms with Crippen molar-refractivity contribution in [3.05, 3.63) is 69.8 Å². The zero-order chi connectivity index (χ0) is 16.1. The Balaban J connectivity index is 1.56. The molecule has 1 saturated heterocycles. The Morgan fingerprint density at radius 2 is 1.87 bits per heavy atom. The van der Waals surface area contributed by atoms with Gasteiger partial charge in [-0.3, -0.25) is 10.1 Å². The number of nitro benzene ring substituents is 1. The third kappa shape index (κ3) is 4.07. The molecule has 0 radical (unpaired) electrons. The van der Waals surface area contributed by atoms with Gasteiger partial charge in [-0.2, -0.15) is 0 Å². The van der Waals surface area contributed by atoms with Gasteiger partial charge in [-0.05, 0) is 60.7 Å². The van der Waals surface area contributed by atoms with Crippen LogP contribution in [0.25, 0.3) is 0 Å². The Bertz CT molecular complexity index is 647. The molecule has 1 N–H and O–H groups in total. The van der Waals surface area contributed by atoms with Gasteiger partial charge < -0.3 is 10.1 Å². The minimum atomic E-state index is -0.399. The summed E-state index contributed by atoms with van der Waals surface area (Å²) in [6, 6.07) is 14.7. The number of nitrogens with zero attached hydrogens (tertiary/aromatic N) is 1. The highest BCUT2D eigenvalue weighted by atomic mass is 16.6. The van der Waals surface area contributed by atoms with Crippen LogP contribution in [0.1, 0.15) is 29.9 Å². The van der Waals surface area contributed by atoms with E-state index in [0.29, 0.717) is 12.5 Å². The van der Waals surface area contributed by atoms with Gasteiger partial charge in [0.1, 0.15) is 12.4 Å². The molecule has 1 fully saturated rings. The number of piperidine rings is 1. The average Bonchev–Trinajstić information content (AvgIpc) is 2.61. The summed E-state index contributed by atoms with van der Waals surface area (Å²) in [5.41, 5.74) is 2.36. The summed E-state index contributed by atoms with van der Waals surface area (Å²) in [6.45, 7) is 2.57. The monoisotopic (exact) mass is 312 g/mol. The smallest absolute Gasteiger partial charge is 0.269 e. The summed E-state index contributed by atoms with van der Waals surface area (Å²) in [6.07, 6.45) is 2.46. The van der Waals surface area contributed by atoms with E-state index in [4.69, 9.17) is 4.74 Å². The molecule has 0 amide bonds. The molecule has 0 spiro atoms. The zero-order valence-electron chi connectivity index (χ0n) is 12.9. The molecule has 0 saturated carbocycles. The van der Waals surface area contributed by atoms with E-state index in [9.17, 15) is 10.1 Å². The third-order valence-electron chi connectivity index (χ3n) is 4.20. The summed E-state index contributed by atoms with van der Waals surface area (Å²) in [7, 11) is 0. The van der Waals surface area contributed by atoms with Crippen molar-refractivity contribution in [2.24, 2.45) is 0 Å². The van der Waals surface area contributed by atoms with Crippen molar-refractivity contribution < 1.29 is 9.66 Å². The first-order chi connectivity index (χ1) is 11.2. The van der Waals surface area contributed by atoms with E-state index in [1.807, 2.05) is 12.1 Å². The molecule has 0 aromatic heterocycles. The number of benzene rings is 2. The van der Waals surface area contributed by atoms with Crippen LogP contribution >= 0.6 is 0 Å². The first-order valence-corrected chi connectivity index (χ1v) is 7.89. The van der Waals surface area contributed by atoms with Crippen LogP contribution in [0.3, 0.4) is 0 Å². The SMILES string of the molecule is O=[N+]([O-])c1ccc(COc2ccc(C3CCCNC3)cc2)cc1. The highest BCUT2D eigenvalue weighted by Crippen LogP contribution is 2.25. The molecule has 1 heterocycles. The van der Waals surface area contributed by atoms with Crippen molar-refractivity contribution in [3.8, 4) is 5.75 Å². The van der Waals surface area contributed by atoms with Crippen molar-refractivity contribution in [1.29, 1.82) is 0 Å². The van der Waals surface area contributed by atoms with Crippen LogP contribution in [-0.2, 0) is 6.61 Å². The molecule has 0 aliphatic carbocycles. The second-order valence-electron chi connectivity index (χ2n) is 5.82. The second-order valence-corrected chi connectivity index (χ2v) is 5.82. The third-order valence-corrected chi connectivity index (χ3v) is 4.20. The molecule has 120 valence electrons. The first-order valence-electron chi connectivity index (χ1n) is 7.89. The van der Waals surface area contributed by atoms with Gasteiger partial charge >= 0.3 is 0 Å². The Morgan fingerprint density at radius 1 is 1.13 bits per heavy atom. The first kappa shape index (κ1) is 15.5. The van der Waals surface area contributed by atoms with Gasteiger partial charge in [-0.25, -0.2) is 0 Å². The van der Waals surface area contributed by atoms with Crippen LogP contribution in [0, 0.1) is 10.1 Å². The molecule has 1 atom stereocenters. The summed E-state index contributed by atoms with van der Waals surface area (Å²) in [5.74, 6) is 1.41.